The van der Waals surface area contributed by atoms with Crippen LogP contribution in [0.25, 0.3) is 0 Å². The molecule has 0 aromatic heterocycles. The fraction of sp³-hybridized carbons (Fsp3) is 0.467. The molecule has 1 atom stereocenters. The minimum Gasteiger partial charge on any atom is -0.454 e. The molecule has 0 bridgehead atoms. The Morgan fingerprint density at radius 1 is 1.39 bits per heavy atom. The van der Waals surface area contributed by atoms with Gasteiger partial charge in [0.1, 0.15) is 0 Å². The van der Waals surface area contributed by atoms with Crippen molar-refractivity contribution in [3.05, 3.63) is 35.4 Å². The Kier molecular flexibility index (Phi) is 4.92. The van der Waals surface area contributed by atoms with Crippen molar-refractivity contribution in [2.75, 3.05) is 6.79 Å². The van der Waals surface area contributed by atoms with E-state index >= 15 is 0 Å². The Hall–Kier alpha value is -0.710. The quantitative estimate of drug-likeness (QED) is 0.438. The molecule has 2 nitrogen and oxygen atoms in total. The van der Waals surface area contributed by atoms with E-state index in [1.54, 1.807) is 0 Å². The van der Waals surface area contributed by atoms with Crippen LogP contribution in [0.2, 0.25) is 0 Å². The molecule has 1 aliphatic rings. The molecule has 0 saturated heterocycles. The Morgan fingerprint density at radius 2 is 2.17 bits per heavy atom. The number of hydrogen-bond acceptors (Lipinski definition) is 2. The second-order valence-electron chi connectivity index (χ2n) is 4.47. The van der Waals surface area contributed by atoms with Crippen LogP contribution in [0.15, 0.2) is 29.8 Å². The zero-order valence-corrected chi connectivity index (χ0v) is 13.1. The van der Waals surface area contributed by atoms with E-state index in [0.717, 1.165) is 30.8 Å². The number of ether oxygens (including phenoxy) is 2. The molecule has 18 heavy (non-hydrogen) atoms. The number of benzene rings is 1. The van der Waals surface area contributed by atoms with E-state index in [9.17, 15) is 0 Å². The van der Waals surface area contributed by atoms with E-state index in [2.05, 4.69) is 54.6 Å². The number of rotatable bonds is 5. The van der Waals surface area contributed by atoms with Crippen molar-refractivity contribution in [3.8, 4) is 11.5 Å². The number of allylic oxidation sites excluding steroid dienone is 2. The fourth-order valence-corrected chi connectivity index (χ4v) is 2.80. The van der Waals surface area contributed by atoms with Gasteiger partial charge in [-0.1, -0.05) is 47.2 Å². The summed E-state index contributed by atoms with van der Waals surface area (Å²) in [5.74, 6) is 1.75. The van der Waals surface area contributed by atoms with E-state index < -0.39 is 0 Å². The summed E-state index contributed by atoms with van der Waals surface area (Å²) in [7, 11) is 0. The van der Waals surface area contributed by atoms with E-state index in [-0.39, 0.29) is 0 Å². The smallest absolute Gasteiger partial charge is 0.231 e. The monoisotopic (exact) mass is 358 g/mol. The van der Waals surface area contributed by atoms with E-state index in [4.69, 9.17) is 9.47 Å². The van der Waals surface area contributed by atoms with Crippen molar-refractivity contribution in [3.63, 3.8) is 0 Å². The summed E-state index contributed by atoms with van der Waals surface area (Å²) < 4.78 is 11.3. The molecule has 1 aromatic rings. The van der Waals surface area contributed by atoms with Crippen LogP contribution in [0.1, 0.15) is 32.3 Å². The zero-order valence-electron chi connectivity index (χ0n) is 10.9. The van der Waals surface area contributed by atoms with Gasteiger partial charge in [-0.05, 0) is 43.9 Å². The van der Waals surface area contributed by atoms with Crippen molar-refractivity contribution in [2.24, 2.45) is 0 Å². The van der Waals surface area contributed by atoms with Crippen LogP contribution >= 0.6 is 22.6 Å². The van der Waals surface area contributed by atoms with Gasteiger partial charge < -0.3 is 9.47 Å². The lowest BCUT2D eigenvalue weighted by molar-refractivity contribution is 0.174. The number of alkyl halides is 1. The minimum absolute atomic E-state index is 0.352. The predicted octanol–water partition coefficient (Wildman–Crippen LogP) is 4.51. The molecule has 0 fully saturated rings. The summed E-state index contributed by atoms with van der Waals surface area (Å²) >= 11 is 2.48. The largest absolute Gasteiger partial charge is 0.454 e. The lowest BCUT2D eigenvalue weighted by Gasteiger charge is -2.07. The topological polar surface area (TPSA) is 18.5 Å². The van der Waals surface area contributed by atoms with Gasteiger partial charge in [0, 0.05) is 3.92 Å². The molecule has 0 saturated carbocycles. The highest BCUT2D eigenvalue weighted by atomic mass is 127. The Bertz CT molecular complexity index is 438. The van der Waals surface area contributed by atoms with Crippen LogP contribution in [-0.2, 0) is 6.42 Å². The summed E-state index contributed by atoms with van der Waals surface area (Å²) in [5, 5.41) is 0. The zero-order chi connectivity index (χ0) is 13.0. The molecule has 2 rings (SSSR count). The van der Waals surface area contributed by atoms with Gasteiger partial charge in [0.2, 0.25) is 6.79 Å². The van der Waals surface area contributed by atoms with Gasteiger partial charge in [0.25, 0.3) is 0 Å². The highest BCUT2D eigenvalue weighted by molar-refractivity contribution is 14.1. The van der Waals surface area contributed by atoms with E-state index in [1.807, 2.05) is 6.07 Å². The first-order chi connectivity index (χ1) is 8.70. The second-order valence-corrected chi connectivity index (χ2v) is 6.34. The van der Waals surface area contributed by atoms with Gasteiger partial charge in [0.05, 0.1) is 0 Å². The number of aryl methyl sites for hydroxylation is 1. The van der Waals surface area contributed by atoms with Crippen LogP contribution in [0.5, 0.6) is 11.5 Å². The molecule has 0 radical (unpaired) electrons. The van der Waals surface area contributed by atoms with Crippen LogP contribution in [0.3, 0.4) is 0 Å². The maximum absolute atomic E-state index is 5.39. The van der Waals surface area contributed by atoms with Gasteiger partial charge in [-0.3, -0.25) is 0 Å². The summed E-state index contributed by atoms with van der Waals surface area (Å²) in [6.07, 6.45) is 5.67. The molecule has 0 aliphatic carbocycles. The van der Waals surface area contributed by atoms with Crippen molar-refractivity contribution in [2.45, 2.75) is 37.0 Å². The Morgan fingerprint density at radius 3 is 2.89 bits per heavy atom. The average Bonchev–Trinajstić information content (AvgIpc) is 2.81. The van der Waals surface area contributed by atoms with Gasteiger partial charge in [0.15, 0.2) is 11.5 Å². The van der Waals surface area contributed by atoms with Crippen LogP contribution in [0.4, 0.5) is 0 Å². The standard InChI is InChI=1S/C15H19IO2/c1-3-13(11(2)16)6-4-5-12-7-8-14-15(9-12)18-10-17-14/h6-9,11H,3-5,10H2,1-2H3. The maximum atomic E-state index is 5.39. The molecule has 1 heterocycles. The van der Waals surface area contributed by atoms with Crippen LogP contribution in [0, 0.1) is 0 Å². The summed E-state index contributed by atoms with van der Waals surface area (Å²) in [5.41, 5.74) is 2.85. The molecule has 1 aliphatic heterocycles. The van der Waals surface area contributed by atoms with Gasteiger partial charge in [-0.15, -0.1) is 0 Å². The molecule has 0 amide bonds. The first-order valence-corrected chi connectivity index (χ1v) is 7.66. The predicted molar refractivity (Wildman–Crippen MR) is 82.7 cm³/mol. The third kappa shape index (κ3) is 3.40. The maximum Gasteiger partial charge on any atom is 0.231 e. The third-order valence-electron chi connectivity index (χ3n) is 3.20. The molecule has 0 N–H and O–H groups in total. The van der Waals surface area contributed by atoms with E-state index in [1.165, 1.54) is 11.1 Å². The fourth-order valence-electron chi connectivity index (χ4n) is 2.11. The normalized spacial score (nSPS) is 15.8. The van der Waals surface area contributed by atoms with Gasteiger partial charge >= 0.3 is 0 Å². The molecular formula is C15H19IO2. The Labute approximate surface area is 123 Å². The van der Waals surface area contributed by atoms with E-state index in [0.29, 0.717) is 10.7 Å². The number of halogens is 1. The molecule has 3 heteroatoms. The molecule has 0 spiro atoms. The second kappa shape index (κ2) is 6.45. The third-order valence-corrected chi connectivity index (χ3v) is 4.00. The van der Waals surface area contributed by atoms with Crippen molar-refractivity contribution in [1.82, 2.24) is 0 Å². The molecule has 1 aromatic carbocycles. The van der Waals surface area contributed by atoms with Gasteiger partial charge in [-0.25, -0.2) is 0 Å². The SMILES string of the molecule is CCC(=CCCc1ccc2c(c1)OCO2)C(C)I. The summed E-state index contributed by atoms with van der Waals surface area (Å²) in [4.78, 5) is 0. The Balaban J connectivity index is 1.94. The van der Waals surface area contributed by atoms with Crippen molar-refractivity contribution >= 4 is 22.6 Å². The van der Waals surface area contributed by atoms with Crippen LogP contribution < -0.4 is 9.47 Å². The molecular weight excluding hydrogens is 339 g/mol. The highest BCUT2D eigenvalue weighted by Gasteiger charge is 2.12. The lowest BCUT2D eigenvalue weighted by atomic mass is 10.1. The van der Waals surface area contributed by atoms with Crippen LogP contribution in [-0.4, -0.2) is 10.7 Å². The summed E-state index contributed by atoms with van der Waals surface area (Å²) in [6.45, 7) is 4.82. The van der Waals surface area contributed by atoms with Crippen molar-refractivity contribution in [1.29, 1.82) is 0 Å². The molecule has 98 valence electrons. The lowest BCUT2D eigenvalue weighted by Crippen LogP contribution is -1.95. The first kappa shape index (κ1) is 13.7. The number of hydrogen-bond donors (Lipinski definition) is 0. The average molecular weight is 358 g/mol. The molecule has 1 unspecified atom stereocenters. The van der Waals surface area contributed by atoms with Gasteiger partial charge in [-0.2, -0.15) is 0 Å². The van der Waals surface area contributed by atoms with Crippen molar-refractivity contribution < 1.29 is 9.47 Å². The minimum atomic E-state index is 0.352. The first-order valence-electron chi connectivity index (χ1n) is 6.42. The highest BCUT2D eigenvalue weighted by Crippen LogP contribution is 2.32. The summed E-state index contributed by atoms with van der Waals surface area (Å²) in [6, 6.07) is 6.22. The number of fused-ring (bicyclic) bond motifs is 1.